The minimum Gasteiger partial charge on any atom is -0.497 e. The Balaban J connectivity index is 0.773. The Hall–Kier alpha value is -5.40. The molecule has 8 rings (SSSR count). The molecule has 67 heavy (non-hydrogen) atoms. The number of sulfonamides is 1. The van der Waals surface area contributed by atoms with Gasteiger partial charge >= 0.3 is 0 Å². The first-order valence-corrected chi connectivity index (χ1v) is 25.4. The molecule has 4 aromatic rings. The highest BCUT2D eigenvalue weighted by atomic mass is 35.5. The fraction of sp³-hybridized carbons (Fsp3) is 0.500. The molecular weight excluding hydrogens is 896 g/mol. The van der Waals surface area contributed by atoms with Gasteiger partial charge in [-0.1, -0.05) is 23.7 Å². The summed E-state index contributed by atoms with van der Waals surface area (Å²) in [5, 5.41) is 9.20. The molecule has 4 aliphatic rings. The summed E-state index contributed by atoms with van der Waals surface area (Å²) >= 11 is 6.54. The van der Waals surface area contributed by atoms with Crippen LogP contribution in [0.3, 0.4) is 0 Å². The van der Waals surface area contributed by atoms with Gasteiger partial charge in [0, 0.05) is 102 Å². The summed E-state index contributed by atoms with van der Waals surface area (Å²) in [4.78, 5) is 43.0. The van der Waals surface area contributed by atoms with Crippen LogP contribution in [0.25, 0.3) is 0 Å². The smallest absolute Gasteiger partial charge is 0.234 e. The molecule has 1 atom stereocenters. The number of benzene rings is 3. The Morgan fingerprint density at radius 3 is 2.24 bits per heavy atom. The van der Waals surface area contributed by atoms with Crippen LogP contribution in [0.1, 0.15) is 55.6 Å². The molecule has 360 valence electrons. The number of ether oxygens (including phenoxy) is 3. The number of carbonyl (C=O) groups is 2. The van der Waals surface area contributed by atoms with Gasteiger partial charge in [0.2, 0.25) is 27.8 Å². The lowest BCUT2D eigenvalue weighted by molar-refractivity contribution is -0.134. The minimum atomic E-state index is -3.58. The van der Waals surface area contributed by atoms with E-state index in [4.69, 9.17) is 25.8 Å². The summed E-state index contributed by atoms with van der Waals surface area (Å²) in [6.45, 7) is 11.9. The third-order valence-corrected chi connectivity index (χ3v) is 15.1. The third kappa shape index (κ3) is 11.7. The number of aryl methyl sites for hydroxylation is 1. The summed E-state index contributed by atoms with van der Waals surface area (Å²) < 4.78 is 43.7. The van der Waals surface area contributed by atoms with E-state index in [1.54, 1.807) is 25.3 Å². The highest BCUT2D eigenvalue weighted by Crippen LogP contribution is 2.38. The lowest BCUT2D eigenvalue weighted by Gasteiger charge is -2.43. The van der Waals surface area contributed by atoms with Crippen LogP contribution in [0, 0.1) is 6.92 Å². The van der Waals surface area contributed by atoms with Gasteiger partial charge in [-0.2, -0.15) is 4.98 Å². The van der Waals surface area contributed by atoms with Crippen molar-refractivity contribution >= 4 is 73.6 Å². The van der Waals surface area contributed by atoms with E-state index >= 15 is 0 Å². The number of halogens is 1. The number of anilines is 7. The van der Waals surface area contributed by atoms with Gasteiger partial charge in [-0.05, 0) is 80.5 Å². The molecule has 0 aliphatic carbocycles. The van der Waals surface area contributed by atoms with Gasteiger partial charge in [-0.3, -0.25) is 29.0 Å². The second-order valence-corrected chi connectivity index (χ2v) is 20.3. The van der Waals surface area contributed by atoms with E-state index in [0.717, 1.165) is 119 Å². The van der Waals surface area contributed by atoms with Gasteiger partial charge < -0.3 is 34.6 Å². The van der Waals surface area contributed by atoms with Crippen molar-refractivity contribution in [2.75, 3.05) is 118 Å². The van der Waals surface area contributed by atoms with E-state index < -0.39 is 10.0 Å². The topological polar surface area (TPSA) is 174 Å². The number of nitrogens with one attached hydrogen (secondary N) is 3. The van der Waals surface area contributed by atoms with Crippen LogP contribution in [0.4, 0.5) is 40.2 Å². The van der Waals surface area contributed by atoms with Crippen LogP contribution < -0.4 is 39.5 Å². The number of nitrogens with zero attached hydrogens (tertiary/aromatic N) is 7. The molecule has 3 N–H and O–H groups in total. The average molecular weight is 960 g/mol. The Kier molecular flexibility index (Phi) is 15.3. The fourth-order valence-corrected chi connectivity index (χ4v) is 10.3. The number of piperazine rings is 1. The number of carbonyl (C=O) groups excluding carboxylic acids is 2. The summed E-state index contributed by atoms with van der Waals surface area (Å²) in [6, 6.07) is 18.0. The zero-order valence-electron chi connectivity index (χ0n) is 39.1. The van der Waals surface area contributed by atoms with Gasteiger partial charge in [-0.15, -0.1) is 0 Å². The van der Waals surface area contributed by atoms with Crippen molar-refractivity contribution in [1.82, 2.24) is 25.1 Å². The molecule has 1 aromatic heterocycles. The van der Waals surface area contributed by atoms with Gasteiger partial charge in [0.25, 0.3) is 0 Å². The lowest BCUT2D eigenvalue weighted by atomic mass is 9.90. The van der Waals surface area contributed by atoms with E-state index in [2.05, 4.69) is 70.6 Å². The summed E-state index contributed by atoms with van der Waals surface area (Å²) in [6.07, 6.45) is 8.03. The minimum absolute atomic E-state index is 0.185. The van der Waals surface area contributed by atoms with Crippen molar-refractivity contribution in [1.29, 1.82) is 0 Å². The van der Waals surface area contributed by atoms with E-state index in [1.165, 1.54) is 26.0 Å². The van der Waals surface area contributed by atoms with Crippen LogP contribution in [-0.4, -0.2) is 145 Å². The Bertz CT molecular complexity index is 2490. The molecule has 0 saturated carbocycles. The van der Waals surface area contributed by atoms with Crippen molar-refractivity contribution in [3.63, 3.8) is 0 Å². The second kappa shape index (κ2) is 21.3. The fourth-order valence-electron chi connectivity index (χ4n) is 9.61. The molecule has 0 bridgehead atoms. The quantitative estimate of drug-likeness (QED) is 0.109. The Labute approximate surface area is 399 Å². The van der Waals surface area contributed by atoms with Crippen LogP contribution in [0.5, 0.6) is 11.5 Å². The number of piperidine rings is 3. The van der Waals surface area contributed by atoms with Crippen LogP contribution in [0.15, 0.2) is 60.8 Å². The number of hydrogen-bond acceptors (Lipinski definition) is 15. The number of aromatic nitrogens is 2. The molecule has 4 saturated heterocycles. The highest BCUT2D eigenvalue weighted by molar-refractivity contribution is 7.92. The lowest BCUT2D eigenvalue weighted by Crippen LogP contribution is -2.53. The van der Waals surface area contributed by atoms with Crippen molar-refractivity contribution in [2.45, 2.75) is 63.5 Å². The predicted molar refractivity (Wildman–Crippen MR) is 264 cm³/mol. The van der Waals surface area contributed by atoms with Crippen LogP contribution in [0.2, 0.25) is 5.02 Å². The second-order valence-electron chi connectivity index (χ2n) is 17.8. The summed E-state index contributed by atoms with van der Waals surface area (Å²) in [5.74, 6) is 1.09. The van der Waals surface area contributed by atoms with E-state index in [9.17, 15) is 18.0 Å². The molecule has 19 heteroatoms. The van der Waals surface area contributed by atoms with Crippen molar-refractivity contribution in [3.8, 4) is 11.5 Å². The van der Waals surface area contributed by atoms with Gasteiger partial charge in [0.15, 0.2) is 5.82 Å². The van der Waals surface area contributed by atoms with Crippen molar-refractivity contribution < 1.29 is 32.2 Å². The van der Waals surface area contributed by atoms with Crippen molar-refractivity contribution in [2.24, 2.45) is 0 Å². The normalized spacial score (nSPS) is 19.3. The SMILES string of the molecule is COc1ccc(Nc2nc(Nc3cc(C)c(N4CCC(N5CCN(CCOC6CCN(c7ccc(C8CCC(=O)NC8=O)cc7)CC6)CC5)CC4)cc3OC)ncc2Cl)c(N(C)S(C)(=O)=O)c1. The molecule has 3 aromatic carbocycles. The maximum atomic E-state index is 12.5. The zero-order chi connectivity index (χ0) is 47.2. The average Bonchev–Trinajstić information content (AvgIpc) is 3.33. The summed E-state index contributed by atoms with van der Waals surface area (Å²) in [7, 11) is 1.06. The van der Waals surface area contributed by atoms with Gasteiger partial charge in [0.1, 0.15) is 16.5 Å². The largest absolute Gasteiger partial charge is 0.497 e. The molecule has 4 fully saturated rings. The molecule has 0 radical (unpaired) electrons. The number of rotatable bonds is 16. The monoisotopic (exact) mass is 958 g/mol. The van der Waals surface area contributed by atoms with E-state index in [1.807, 2.05) is 18.2 Å². The summed E-state index contributed by atoms with van der Waals surface area (Å²) in [5.41, 5.74) is 5.90. The molecular formula is C48H63ClN10O7S. The maximum Gasteiger partial charge on any atom is 0.234 e. The van der Waals surface area contributed by atoms with E-state index in [-0.39, 0.29) is 40.6 Å². The van der Waals surface area contributed by atoms with E-state index in [0.29, 0.717) is 47.4 Å². The Morgan fingerprint density at radius 1 is 0.851 bits per heavy atom. The first-order valence-electron chi connectivity index (χ1n) is 23.1. The highest BCUT2D eigenvalue weighted by Gasteiger charge is 2.31. The maximum absolute atomic E-state index is 12.5. The molecule has 1 unspecified atom stereocenters. The standard InChI is InChI=1S/C48H63ClN10O7S/c1-32-28-41(52-48-50-31-39(49)46(54-48)51-40-12-10-37(64-3)29-43(40)55(2)67(5,62)63)44(65-4)30-42(32)59-18-14-35(15-19-59)58-24-22-56(23-25-58)26-27-66-36-16-20-57(21-17-36)34-8-6-33(7-9-34)38-11-13-45(60)53-47(38)61/h6-10,12,28-31,35-36,38H,11,13-27H2,1-5H3,(H,53,60,61)(H2,50,51,52,54). The predicted octanol–water partition coefficient (Wildman–Crippen LogP) is 6.13. The molecule has 0 spiro atoms. The van der Waals surface area contributed by atoms with Gasteiger partial charge in [0.05, 0.1) is 62.4 Å². The number of methoxy groups -OCH3 is 2. The third-order valence-electron chi connectivity index (χ3n) is 13.6. The number of hydrogen-bond donors (Lipinski definition) is 3. The Morgan fingerprint density at radius 2 is 1.57 bits per heavy atom. The first kappa shape index (κ1) is 48.1. The number of amides is 2. The molecule has 2 amide bonds. The van der Waals surface area contributed by atoms with Crippen LogP contribution >= 0.6 is 11.6 Å². The first-order chi connectivity index (χ1) is 32.3. The van der Waals surface area contributed by atoms with Crippen molar-refractivity contribution in [3.05, 3.63) is 76.9 Å². The molecule has 4 aliphatic heterocycles. The number of imide groups is 1. The van der Waals surface area contributed by atoms with Crippen LogP contribution in [-0.2, 0) is 24.3 Å². The zero-order valence-corrected chi connectivity index (χ0v) is 40.7. The van der Waals surface area contributed by atoms with Gasteiger partial charge in [-0.25, -0.2) is 13.4 Å². The molecule has 17 nitrogen and oxygen atoms in total. The molecule has 5 heterocycles.